The summed E-state index contributed by atoms with van der Waals surface area (Å²) in [6, 6.07) is 7.91. The predicted octanol–water partition coefficient (Wildman–Crippen LogP) is 2.78. The van der Waals surface area contributed by atoms with Crippen LogP contribution in [0.4, 0.5) is 13.2 Å². The Morgan fingerprint density at radius 2 is 1.87 bits per heavy atom. The van der Waals surface area contributed by atoms with Crippen molar-refractivity contribution < 1.29 is 32.9 Å². The number of carbonyl (C=O) groups excluding carboxylic acids is 1. The quantitative estimate of drug-likeness (QED) is 0.247. The summed E-state index contributed by atoms with van der Waals surface area (Å²) in [4.78, 5) is 28.5. The number of aromatic hydroxyl groups is 1. The monoisotopic (exact) mass is 548 g/mol. The Morgan fingerprint density at radius 3 is 2.59 bits per heavy atom. The molecule has 0 spiro atoms. The van der Waals surface area contributed by atoms with E-state index in [1.54, 1.807) is 12.1 Å². The molecule has 1 saturated heterocycles. The van der Waals surface area contributed by atoms with Crippen LogP contribution in [-0.2, 0) is 4.79 Å². The van der Waals surface area contributed by atoms with Crippen molar-refractivity contribution in [2.45, 2.75) is 37.7 Å². The highest BCUT2D eigenvalue weighted by atomic mass is 19.1. The van der Waals surface area contributed by atoms with Crippen LogP contribution in [0.15, 0.2) is 41.2 Å². The van der Waals surface area contributed by atoms with Crippen LogP contribution in [0.3, 0.4) is 0 Å². The van der Waals surface area contributed by atoms with E-state index in [0.29, 0.717) is 30.6 Å². The molecule has 2 atom stereocenters. The van der Waals surface area contributed by atoms with Gasteiger partial charge >= 0.3 is 0 Å². The molecular weight excluding hydrogens is 517 g/mol. The van der Waals surface area contributed by atoms with E-state index in [0.717, 1.165) is 32.1 Å². The number of H-pyrrole nitrogens is 1. The molecule has 2 aromatic carbocycles. The number of pyridine rings is 1. The molecule has 0 bridgehead atoms. The van der Waals surface area contributed by atoms with Crippen molar-refractivity contribution in [1.82, 2.24) is 20.5 Å². The number of aromatic nitrogens is 1. The third-order valence-electron chi connectivity index (χ3n) is 6.95. The first-order valence-corrected chi connectivity index (χ1v) is 12.6. The van der Waals surface area contributed by atoms with Crippen molar-refractivity contribution in [2.75, 3.05) is 33.3 Å². The number of carbonyl (C=O) groups is 1. The summed E-state index contributed by atoms with van der Waals surface area (Å²) < 4.78 is 46.9. The zero-order valence-corrected chi connectivity index (χ0v) is 21.3. The SMILES string of the molecule is COc1c(F)ccc(C(F)NC(=O)CCN2CCC(NC[C@H](O)c3ccc(O)c4[nH]c(=O)ccc34)CC2)c1F. The maximum atomic E-state index is 14.5. The Labute approximate surface area is 222 Å². The van der Waals surface area contributed by atoms with Crippen molar-refractivity contribution in [2.24, 2.45) is 0 Å². The number of amides is 1. The summed E-state index contributed by atoms with van der Waals surface area (Å²) >= 11 is 0. The average Bonchev–Trinajstić information content (AvgIpc) is 2.92. The summed E-state index contributed by atoms with van der Waals surface area (Å²) in [5.74, 6) is -3.54. The molecule has 0 saturated carbocycles. The minimum absolute atomic E-state index is 0.00714. The highest BCUT2D eigenvalue weighted by molar-refractivity contribution is 5.87. The van der Waals surface area contributed by atoms with Crippen molar-refractivity contribution in [1.29, 1.82) is 0 Å². The molecule has 1 aliphatic heterocycles. The summed E-state index contributed by atoms with van der Waals surface area (Å²) in [6.45, 7) is 2.04. The number of hydrogen-bond acceptors (Lipinski definition) is 7. The predicted molar refractivity (Wildman–Crippen MR) is 138 cm³/mol. The summed E-state index contributed by atoms with van der Waals surface area (Å²) in [5.41, 5.74) is 0.00107. The van der Waals surface area contributed by atoms with Crippen LogP contribution in [-0.4, -0.2) is 65.3 Å². The Morgan fingerprint density at radius 1 is 1.15 bits per heavy atom. The number of nitrogens with one attached hydrogen (secondary N) is 3. The molecule has 210 valence electrons. The lowest BCUT2D eigenvalue weighted by Crippen LogP contribution is -2.44. The first-order chi connectivity index (χ1) is 18.7. The second-order valence-electron chi connectivity index (χ2n) is 9.49. The normalized spacial score (nSPS) is 16.2. The molecule has 3 aromatic rings. The van der Waals surface area contributed by atoms with E-state index < -0.39 is 41.3 Å². The van der Waals surface area contributed by atoms with Gasteiger partial charge in [0.25, 0.3) is 0 Å². The third-order valence-corrected chi connectivity index (χ3v) is 6.95. The number of aliphatic hydroxyl groups excluding tert-OH is 1. The molecule has 5 N–H and O–H groups in total. The van der Waals surface area contributed by atoms with E-state index >= 15 is 0 Å². The van der Waals surface area contributed by atoms with Crippen LogP contribution in [0.5, 0.6) is 11.5 Å². The maximum Gasteiger partial charge on any atom is 0.248 e. The summed E-state index contributed by atoms with van der Waals surface area (Å²) in [5, 5.41) is 26.8. The number of nitrogens with zero attached hydrogens (tertiary/aromatic N) is 1. The first-order valence-electron chi connectivity index (χ1n) is 12.6. The number of fused-ring (bicyclic) bond motifs is 1. The highest BCUT2D eigenvalue weighted by Crippen LogP contribution is 2.30. The number of halogens is 3. The van der Waals surface area contributed by atoms with Crippen LogP contribution in [0.25, 0.3) is 10.9 Å². The highest BCUT2D eigenvalue weighted by Gasteiger charge is 2.24. The number of aromatic amines is 1. The largest absolute Gasteiger partial charge is 0.506 e. The second-order valence-corrected chi connectivity index (χ2v) is 9.49. The number of aliphatic hydroxyl groups is 1. The molecule has 1 aliphatic rings. The van der Waals surface area contributed by atoms with Crippen molar-refractivity contribution in [3.05, 3.63) is 69.5 Å². The van der Waals surface area contributed by atoms with E-state index in [-0.39, 0.29) is 35.8 Å². The van der Waals surface area contributed by atoms with Gasteiger partial charge in [0.2, 0.25) is 17.8 Å². The van der Waals surface area contributed by atoms with Gasteiger partial charge in [0.15, 0.2) is 17.4 Å². The van der Waals surface area contributed by atoms with Crippen LogP contribution < -0.4 is 20.9 Å². The molecule has 2 heterocycles. The molecule has 0 aliphatic carbocycles. The van der Waals surface area contributed by atoms with Crippen molar-refractivity contribution in [3.8, 4) is 11.5 Å². The molecule has 9 nitrogen and oxygen atoms in total. The zero-order chi connectivity index (χ0) is 28.1. The van der Waals surface area contributed by atoms with E-state index in [9.17, 15) is 33.0 Å². The minimum atomic E-state index is -2.14. The van der Waals surface area contributed by atoms with Gasteiger partial charge in [-0.15, -0.1) is 0 Å². The molecule has 1 unspecified atom stereocenters. The Balaban J connectivity index is 1.21. The van der Waals surface area contributed by atoms with Gasteiger partial charge in [-0.3, -0.25) is 9.59 Å². The van der Waals surface area contributed by atoms with Crippen molar-refractivity contribution in [3.63, 3.8) is 0 Å². The Hall–Kier alpha value is -3.61. The van der Waals surface area contributed by atoms with Crippen molar-refractivity contribution >= 4 is 16.8 Å². The second kappa shape index (κ2) is 12.5. The number of phenolic OH excluding ortho intramolecular Hbond substituents is 1. The fourth-order valence-corrected chi connectivity index (χ4v) is 4.78. The van der Waals surface area contributed by atoms with Crippen LogP contribution in [0.2, 0.25) is 0 Å². The number of piperidine rings is 1. The van der Waals surface area contributed by atoms with E-state index in [2.05, 4.69) is 25.3 Å². The van der Waals surface area contributed by atoms with E-state index in [1.807, 2.05) is 0 Å². The number of rotatable bonds is 10. The number of likely N-dealkylation sites (tertiary alicyclic amines) is 1. The first kappa shape index (κ1) is 28.4. The van der Waals surface area contributed by atoms with E-state index in [4.69, 9.17) is 0 Å². The fraction of sp³-hybridized carbons (Fsp3) is 0.407. The molecule has 1 amide bonds. The topological polar surface area (TPSA) is 127 Å². The van der Waals surface area contributed by atoms with Crippen LogP contribution in [0.1, 0.15) is 42.8 Å². The van der Waals surface area contributed by atoms with Gasteiger partial charge in [0, 0.05) is 42.6 Å². The molecule has 0 radical (unpaired) electrons. The number of alkyl halides is 1. The lowest BCUT2D eigenvalue weighted by atomic mass is 10.0. The molecule has 39 heavy (non-hydrogen) atoms. The number of phenols is 1. The van der Waals surface area contributed by atoms with Gasteiger partial charge in [0.1, 0.15) is 5.75 Å². The molecular formula is C27H31F3N4O5. The maximum absolute atomic E-state index is 14.5. The van der Waals surface area contributed by atoms with Gasteiger partial charge in [-0.25, -0.2) is 13.2 Å². The summed E-state index contributed by atoms with van der Waals surface area (Å²) in [6.07, 6.45) is -1.46. The van der Waals surface area contributed by atoms with Gasteiger partial charge in [-0.2, -0.15) is 0 Å². The smallest absolute Gasteiger partial charge is 0.248 e. The fourth-order valence-electron chi connectivity index (χ4n) is 4.78. The standard InChI is InChI=1S/C27H31F3N4O5/c1-39-26-19(28)5-2-18(24(26)29)27(30)33-23(38)10-13-34-11-8-15(9-12-34)31-14-21(36)16-3-6-20(35)25-17(16)4-7-22(37)32-25/h2-7,15,21,27,31,35-36H,8-14H2,1H3,(H,32,37)(H,33,38)/t21-,27?/m0/s1. The van der Waals surface area contributed by atoms with Gasteiger partial charge in [0.05, 0.1) is 18.7 Å². The summed E-state index contributed by atoms with van der Waals surface area (Å²) in [7, 11) is 1.07. The van der Waals surface area contributed by atoms with Gasteiger partial charge in [-0.05, 0) is 55.8 Å². The van der Waals surface area contributed by atoms with E-state index in [1.165, 1.54) is 12.1 Å². The molecule has 4 rings (SSSR count). The number of hydrogen-bond donors (Lipinski definition) is 5. The Bertz CT molecular complexity index is 1380. The lowest BCUT2D eigenvalue weighted by molar-refractivity contribution is -0.123. The number of benzene rings is 2. The zero-order valence-electron chi connectivity index (χ0n) is 21.3. The van der Waals surface area contributed by atoms with Gasteiger partial charge < -0.3 is 35.5 Å². The Kier molecular flexibility index (Phi) is 9.10. The average molecular weight is 549 g/mol. The lowest BCUT2D eigenvalue weighted by Gasteiger charge is -2.32. The van der Waals surface area contributed by atoms with Gasteiger partial charge in [-0.1, -0.05) is 6.07 Å². The third kappa shape index (κ3) is 6.70. The number of methoxy groups -OCH3 is 1. The van der Waals surface area contributed by atoms with Crippen LogP contribution >= 0.6 is 0 Å². The molecule has 1 fully saturated rings. The molecule has 12 heteroatoms. The molecule has 1 aromatic heterocycles. The van der Waals surface area contributed by atoms with Crippen LogP contribution in [0, 0.1) is 11.6 Å². The number of ether oxygens (including phenoxy) is 1. The minimum Gasteiger partial charge on any atom is -0.506 e.